The molecular weight excluding hydrogens is 242 g/mol. The Morgan fingerprint density at radius 3 is 2.47 bits per heavy atom. The number of likely N-dealkylation sites (N-methyl/N-ethyl adjacent to an activating group) is 1. The summed E-state index contributed by atoms with van der Waals surface area (Å²) in [5.74, 6) is -0.494. The second-order valence-corrected chi connectivity index (χ2v) is 5.12. The van der Waals surface area contributed by atoms with E-state index in [-0.39, 0.29) is 0 Å². The number of nitrogens with zero attached hydrogens (tertiary/aromatic N) is 1. The number of esters is 1. The average Bonchev–Trinajstić information content (AvgIpc) is 2.43. The van der Waals surface area contributed by atoms with E-state index in [1.54, 1.807) is 0 Å². The maximum Gasteiger partial charge on any atom is 0.398 e. The van der Waals surface area contributed by atoms with Gasteiger partial charge in [-0.05, 0) is 19.4 Å². The van der Waals surface area contributed by atoms with Gasteiger partial charge >= 0.3 is 11.7 Å². The molecule has 0 aromatic heterocycles. The highest BCUT2D eigenvalue weighted by molar-refractivity contribution is 5.78. The van der Waals surface area contributed by atoms with Crippen molar-refractivity contribution in [2.45, 2.75) is 26.0 Å². The lowest BCUT2D eigenvalue weighted by Crippen LogP contribution is -2.73. The highest BCUT2D eigenvalue weighted by Crippen LogP contribution is 2.31. The SMILES string of the molecule is CC[N+]1(CC)CCOC(=O)[C@]1(O)Cc1ccccc1. The van der Waals surface area contributed by atoms with Gasteiger partial charge in [-0.15, -0.1) is 0 Å². The fourth-order valence-corrected chi connectivity index (χ4v) is 2.99. The van der Waals surface area contributed by atoms with Gasteiger partial charge in [0.15, 0.2) is 0 Å². The van der Waals surface area contributed by atoms with Crippen molar-refractivity contribution >= 4 is 5.97 Å². The van der Waals surface area contributed by atoms with Gasteiger partial charge in [-0.1, -0.05) is 30.3 Å². The summed E-state index contributed by atoms with van der Waals surface area (Å²) in [5, 5.41) is 11.0. The molecule has 0 bridgehead atoms. The number of morpholine rings is 1. The smallest absolute Gasteiger partial charge is 0.398 e. The maximum atomic E-state index is 12.2. The summed E-state index contributed by atoms with van der Waals surface area (Å²) >= 11 is 0. The van der Waals surface area contributed by atoms with E-state index in [4.69, 9.17) is 4.74 Å². The molecule has 1 aliphatic heterocycles. The Morgan fingerprint density at radius 2 is 1.89 bits per heavy atom. The number of ether oxygens (including phenoxy) is 1. The Labute approximate surface area is 114 Å². The van der Waals surface area contributed by atoms with E-state index in [0.29, 0.717) is 24.1 Å². The molecular formula is C15H22NO3+. The van der Waals surface area contributed by atoms with Crippen LogP contribution in [0.5, 0.6) is 0 Å². The zero-order chi connectivity index (χ0) is 13.9. The van der Waals surface area contributed by atoms with E-state index >= 15 is 0 Å². The van der Waals surface area contributed by atoms with Gasteiger partial charge in [0.2, 0.25) is 0 Å². The van der Waals surface area contributed by atoms with Crippen LogP contribution < -0.4 is 0 Å². The number of carbonyl (C=O) groups is 1. The summed E-state index contributed by atoms with van der Waals surface area (Å²) in [6.07, 6.45) is 0.300. The molecule has 4 nitrogen and oxygen atoms in total. The van der Waals surface area contributed by atoms with Crippen LogP contribution in [0.1, 0.15) is 19.4 Å². The minimum Gasteiger partial charge on any atom is -0.453 e. The predicted octanol–water partition coefficient (Wildman–Crippen LogP) is 1.33. The summed E-state index contributed by atoms with van der Waals surface area (Å²) < 4.78 is 5.50. The fraction of sp³-hybridized carbons (Fsp3) is 0.533. The normalized spacial score (nSPS) is 25.9. The van der Waals surface area contributed by atoms with Crippen molar-refractivity contribution in [2.24, 2.45) is 0 Å². The van der Waals surface area contributed by atoms with Crippen molar-refractivity contribution in [3.8, 4) is 0 Å². The number of rotatable bonds is 4. The van der Waals surface area contributed by atoms with Gasteiger partial charge in [-0.3, -0.25) is 4.48 Å². The molecule has 0 amide bonds. The summed E-state index contributed by atoms with van der Waals surface area (Å²) in [6.45, 7) is 6.51. The third-order valence-corrected chi connectivity index (χ3v) is 4.37. The van der Waals surface area contributed by atoms with Crippen molar-refractivity contribution < 1.29 is 19.1 Å². The number of carbonyl (C=O) groups excluding carboxylic acids is 1. The summed E-state index contributed by atoms with van der Waals surface area (Å²) in [5.41, 5.74) is -0.517. The monoisotopic (exact) mass is 264 g/mol. The van der Waals surface area contributed by atoms with Crippen LogP contribution in [0.4, 0.5) is 0 Å². The number of hydrogen-bond donors (Lipinski definition) is 1. The lowest BCUT2D eigenvalue weighted by Gasteiger charge is -2.49. The number of aliphatic hydroxyl groups is 1. The molecule has 1 heterocycles. The van der Waals surface area contributed by atoms with E-state index < -0.39 is 11.7 Å². The summed E-state index contributed by atoms with van der Waals surface area (Å²) in [4.78, 5) is 12.2. The largest absolute Gasteiger partial charge is 0.453 e. The standard InChI is InChI=1S/C15H22NO3/c1-3-16(4-2)10-11-19-14(17)15(16,18)12-13-8-6-5-7-9-13/h5-9,18H,3-4,10-12H2,1-2H3/q+1/t15-/m1/s1. The molecule has 0 aliphatic carbocycles. The van der Waals surface area contributed by atoms with E-state index in [1.165, 1.54) is 0 Å². The Kier molecular flexibility index (Phi) is 3.92. The summed E-state index contributed by atoms with van der Waals surface area (Å²) in [7, 11) is 0. The van der Waals surface area contributed by atoms with E-state index in [2.05, 4.69) is 0 Å². The zero-order valence-corrected chi connectivity index (χ0v) is 11.6. The van der Waals surface area contributed by atoms with E-state index in [9.17, 15) is 9.90 Å². The quantitative estimate of drug-likeness (QED) is 0.659. The van der Waals surface area contributed by atoms with Crippen molar-refractivity contribution in [2.75, 3.05) is 26.2 Å². The first-order valence-electron chi connectivity index (χ1n) is 6.87. The highest BCUT2D eigenvalue weighted by Gasteiger charge is 2.58. The lowest BCUT2D eigenvalue weighted by atomic mass is 9.96. The third-order valence-electron chi connectivity index (χ3n) is 4.37. The molecule has 1 atom stereocenters. The molecule has 0 spiro atoms. The molecule has 1 saturated heterocycles. The van der Waals surface area contributed by atoms with Crippen LogP contribution in [0.2, 0.25) is 0 Å². The van der Waals surface area contributed by atoms with Crippen LogP contribution in [0, 0.1) is 0 Å². The molecule has 0 saturated carbocycles. The minimum atomic E-state index is -1.47. The molecule has 1 aromatic carbocycles. The molecule has 0 radical (unpaired) electrons. The first-order valence-corrected chi connectivity index (χ1v) is 6.87. The van der Waals surface area contributed by atoms with Crippen LogP contribution in [0.25, 0.3) is 0 Å². The van der Waals surface area contributed by atoms with Crippen molar-refractivity contribution in [3.63, 3.8) is 0 Å². The molecule has 4 heteroatoms. The van der Waals surface area contributed by atoms with Crippen LogP contribution in [-0.2, 0) is 16.0 Å². The molecule has 104 valence electrons. The van der Waals surface area contributed by atoms with E-state index in [1.807, 2.05) is 44.2 Å². The van der Waals surface area contributed by atoms with Crippen LogP contribution in [0.3, 0.4) is 0 Å². The molecule has 2 rings (SSSR count). The van der Waals surface area contributed by atoms with Crippen LogP contribution >= 0.6 is 0 Å². The zero-order valence-electron chi connectivity index (χ0n) is 11.6. The topological polar surface area (TPSA) is 46.5 Å². The van der Waals surface area contributed by atoms with Gasteiger partial charge in [0.05, 0.1) is 19.5 Å². The Balaban J connectivity index is 2.37. The molecule has 0 unspecified atom stereocenters. The van der Waals surface area contributed by atoms with Gasteiger partial charge in [-0.2, -0.15) is 0 Å². The minimum absolute atomic E-state index is 0.300. The third kappa shape index (κ3) is 2.26. The molecule has 1 aliphatic rings. The Morgan fingerprint density at radius 1 is 1.26 bits per heavy atom. The van der Waals surface area contributed by atoms with Gasteiger partial charge in [0.1, 0.15) is 13.2 Å². The average molecular weight is 264 g/mol. The van der Waals surface area contributed by atoms with Crippen molar-refractivity contribution in [1.29, 1.82) is 0 Å². The number of hydrogen-bond acceptors (Lipinski definition) is 3. The van der Waals surface area contributed by atoms with Gasteiger partial charge in [-0.25, -0.2) is 4.79 Å². The number of quaternary nitrogens is 1. The first kappa shape index (κ1) is 14.0. The van der Waals surface area contributed by atoms with Gasteiger partial charge in [0, 0.05) is 0 Å². The lowest BCUT2D eigenvalue weighted by molar-refractivity contribution is -0.991. The molecule has 1 aromatic rings. The van der Waals surface area contributed by atoms with E-state index in [0.717, 1.165) is 18.7 Å². The predicted molar refractivity (Wildman–Crippen MR) is 72.3 cm³/mol. The Hall–Kier alpha value is -1.39. The Bertz CT molecular complexity index is 442. The fourth-order valence-electron chi connectivity index (χ4n) is 2.99. The van der Waals surface area contributed by atoms with Gasteiger partial charge in [0.25, 0.3) is 0 Å². The molecule has 19 heavy (non-hydrogen) atoms. The maximum absolute atomic E-state index is 12.2. The van der Waals surface area contributed by atoms with Crippen molar-refractivity contribution in [3.05, 3.63) is 35.9 Å². The second kappa shape index (κ2) is 5.31. The van der Waals surface area contributed by atoms with Gasteiger partial charge < -0.3 is 9.84 Å². The second-order valence-electron chi connectivity index (χ2n) is 5.12. The number of cyclic esters (lactones) is 1. The number of benzene rings is 1. The highest BCUT2D eigenvalue weighted by atomic mass is 16.6. The molecule has 1 fully saturated rings. The summed E-state index contributed by atoms with van der Waals surface area (Å²) in [6, 6.07) is 9.62. The van der Waals surface area contributed by atoms with Crippen LogP contribution in [0.15, 0.2) is 30.3 Å². The van der Waals surface area contributed by atoms with Crippen LogP contribution in [-0.4, -0.2) is 47.5 Å². The molecule has 1 N–H and O–H groups in total. The first-order chi connectivity index (χ1) is 9.08. The van der Waals surface area contributed by atoms with Crippen molar-refractivity contribution in [1.82, 2.24) is 0 Å².